The first-order valence-electron chi connectivity index (χ1n) is 6.53. The molecular weight excluding hydrogens is 269 g/mol. The highest BCUT2D eigenvalue weighted by Gasteiger charge is 2.31. The van der Waals surface area contributed by atoms with Crippen molar-refractivity contribution in [2.24, 2.45) is 0 Å². The van der Waals surface area contributed by atoms with E-state index in [1.54, 1.807) is 0 Å². The van der Waals surface area contributed by atoms with Crippen molar-refractivity contribution >= 4 is 11.6 Å². The van der Waals surface area contributed by atoms with Crippen molar-refractivity contribution in [3.05, 3.63) is 29.3 Å². The maximum atomic E-state index is 12.6. The first kappa shape index (κ1) is 16.3. The van der Waals surface area contributed by atoms with Crippen molar-refractivity contribution < 1.29 is 18.0 Å². The fraction of sp³-hybridized carbons (Fsp3) is 0.500. The quantitative estimate of drug-likeness (QED) is 0.813. The number of amides is 1. The van der Waals surface area contributed by atoms with E-state index in [9.17, 15) is 18.0 Å². The van der Waals surface area contributed by atoms with Crippen LogP contribution in [0.2, 0.25) is 0 Å². The lowest BCUT2D eigenvalue weighted by Gasteiger charge is -2.15. The van der Waals surface area contributed by atoms with Crippen LogP contribution in [0.4, 0.5) is 18.9 Å². The number of rotatable bonds is 5. The van der Waals surface area contributed by atoms with E-state index in [1.807, 2.05) is 13.8 Å². The molecule has 0 saturated carbocycles. The number of hydrogen-bond acceptors (Lipinski definition) is 2. The Hall–Kier alpha value is -1.72. The number of nitrogens with one attached hydrogen (secondary N) is 1. The number of carbonyl (C=O) groups excluding carboxylic acids is 1. The second-order valence-corrected chi connectivity index (χ2v) is 4.82. The van der Waals surface area contributed by atoms with Crippen LogP contribution in [0.15, 0.2) is 18.2 Å². The minimum absolute atomic E-state index is 0.0400. The average molecular weight is 288 g/mol. The Morgan fingerprint density at radius 3 is 2.60 bits per heavy atom. The first-order chi connectivity index (χ1) is 9.25. The third-order valence-corrected chi connectivity index (χ3v) is 2.99. The third kappa shape index (κ3) is 4.43. The lowest BCUT2D eigenvalue weighted by molar-refractivity contribution is -0.137. The Morgan fingerprint density at radius 1 is 1.40 bits per heavy atom. The normalized spacial score (nSPS) is 13.1. The van der Waals surface area contributed by atoms with Gasteiger partial charge in [0.25, 0.3) is 5.91 Å². The molecule has 3 nitrogen and oxygen atoms in total. The number of benzene rings is 1. The zero-order chi connectivity index (χ0) is 15.3. The molecule has 1 amide bonds. The van der Waals surface area contributed by atoms with Gasteiger partial charge in [-0.05, 0) is 31.5 Å². The van der Waals surface area contributed by atoms with Gasteiger partial charge in [0.1, 0.15) is 0 Å². The van der Waals surface area contributed by atoms with E-state index in [0.29, 0.717) is 0 Å². The molecule has 0 aliphatic carbocycles. The van der Waals surface area contributed by atoms with Crippen LogP contribution in [0.3, 0.4) is 0 Å². The van der Waals surface area contributed by atoms with Gasteiger partial charge in [0, 0.05) is 11.7 Å². The van der Waals surface area contributed by atoms with Crippen molar-refractivity contribution in [1.82, 2.24) is 5.32 Å². The van der Waals surface area contributed by atoms with Crippen LogP contribution in [0.5, 0.6) is 0 Å². The van der Waals surface area contributed by atoms with Gasteiger partial charge in [-0.2, -0.15) is 13.2 Å². The summed E-state index contributed by atoms with van der Waals surface area (Å²) in [5, 5.41) is 2.66. The Morgan fingerprint density at radius 2 is 2.05 bits per heavy atom. The van der Waals surface area contributed by atoms with Gasteiger partial charge in [-0.3, -0.25) is 4.79 Å². The topological polar surface area (TPSA) is 55.1 Å². The number of nitrogens with two attached hydrogens (primary N) is 1. The van der Waals surface area contributed by atoms with Gasteiger partial charge in [0.15, 0.2) is 0 Å². The summed E-state index contributed by atoms with van der Waals surface area (Å²) in [5.74, 6) is -0.572. The molecule has 0 spiro atoms. The van der Waals surface area contributed by atoms with E-state index in [2.05, 4.69) is 5.32 Å². The molecule has 0 aliphatic heterocycles. The van der Waals surface area contributed by atoms with E-state index in [-0.39, 0.29) is 17.3 Å². The molecule has 0 aromatic heterocycles. The van der Waals surface area contributed by atoms with Crippen molar-refractivity contribution in [2.75, 3.05) is 5.73 Å². The standard InChI is InChI=1S/C14H19F3N2O/c1-3-4-5-9(2)19-13(20)11-8-10(14(15,16)17)6-7-12(11)18/h6-9H,3-5,18H2,1-2H3,(H,19,20). The highest BCUT2D eigenvalue weighted by atomic mass is 19.4. The third-order valence-electron chi connectivity index (χ3n) is 2.99. The molecule has 0 heterocycles. The van der Waals surface area contributed by atoms with Crippen molar-refractivity contribution in [3.8, 4) is 0 Å². The molecule has 0 saturated heterocycles. The molecule has 20 heavy (non-hydrogen) atoms. The summed E-state index contributed by atoms with van der Waals surface area (Å²) in [6.07, 6.45) is -1.77. The number of carbonyl (C=O) groups is 1. The minimum Gasteiger partial charge on any atom is -0.398 e. The summed E-state index contributed by atoms with van der Waals surface area (Å²) in [4.78, 5) is 12.0. The molecule has 1 unspecified atom stereocenters. The number of halogens is 3. The monoisotopic (exact) mass is 288 g/mol. The molecular formula is C14H19F3N2O. The highest BCUT2D eigenvalue weighted by Crippen LogP contribution is 2.31. The van der Waals surface area contributed by atoms with Crippen LogP contribution in [0.25, 0.3) is 0 Å². The first-order valence-corrected chi connectivity index (χ1v) is 6.53. The van der Waals surface area contributed by atoms with Crippen LogP contribution in [0, 0.1) is 0 Å². The van der Waals surface area contributed by atoms with E-state index < -0.39 is 17.6 Å². The van der Waals surface area contributed by atoms with Crippen LogP contribution < -0.4 is 11.1 Å². The summed E-state index contributed by atoms with van der Waals surface area (Å²) in [5.41, 5.74) is 4.61. The van der Waals surface area contributed by atoms with Crippen LogP contribution in [-0.2, 0) is 6.18 Å². The second-order valence-electron chi connectivity index (χ2n) is 4.82. The molecule has 0 radical (unpaired) electrons. The molecule has 1 atom stereocenters. The maximum Gasteiger partial charge on any atom is 0.416 e. The van der Waals surface area contributed by atoms with Crippen LogP contribution in [-0.4, -0.2) is 11.9 Å². The minimum atomic E-state index is -4.49. The van der Waals surface area contributed by atoms with E-state index in [4.69, 9.17) is 5.73 Å². The predicted molar refractivity (Wildman–Crippen MR) is 72.3 cm³/mol. The molecule has 1 aromatic carbocycles. The molecule has 0 fully saturated rings. The van der Waals surface area contributed by atoms with Gasteiger partial charge >= 0.3 is 6.18 Å². The number of hydrogen-bond donors (Lipinski definition) is 2. The van der Waals surface area contributed by atoms with E-state index >= 15 is 0 Å². The summed E-state index contributed by atoms with van der Waals surface area (Å²) in [6.45, 7) is 3.84. The number of anilines is 1. The van der Waals surface area contributed by atoms with Crippen molar-refractivity contribution in [2.45, 2.75) is 45.3 Å². The zero-order valence-corrected chi connectivity index (χ0v) is 11.6. The smallest absolute Gasteiger partial charge is 0.398 e. The number of unbranched alkanes of at least 4 members (excludes halogenated alkanes) is 1. The van der Waals surface area contributed by atoms with Gasteiger partial charge in [-0.25, -0.2) is 0 Å². The number of alkyl halides is 3. The van der Waals surface area contributed by atoms with E-state index in [1.165, 1.54) is 0 Å². The maximum absolute atomic E-state index is 12.6. The molecule has 0 aliphatic rings. The molecule has 0 bridgehead atoms. The Labute approximate surface area is 116 Å². The molecule has 3 N–H and O–H groups in total. The van der Waals surface area contributed by atoms with Gasteiger partial charge in [-0.15, -0.1) is 0 Å². The predicted octanol–water partition coefficient (Wildman–Crippen LogP) is 3.60. The van der Waals surface area contributed by atoms with Crippen molar-refractivity contribution in [1.29, 1.82) is 0 Å². The molecule has 6 heteroatoms. The van der Waals surface area contributed by atoms with Crippen LogP contribution in [0.1, 0.15) is 49.0 Å². The molecule has 112 valence electrons. The summed E-state index contributed by atoms with van der Waals surface area (Å²) in [6, 6.07) is 2.66. The molecule has 1 rings (SSSR count). The zero-order valence-electron chi connectivity index (χ0n) is 11.6. The fourth-order valence-electron chi connectivity index (χ4n) is 1.81. The second kappa shape index (κ2) is 6.63. The fourth-order valence-corrected chi connectivity index (χ4v) is 1.81. The lowest BCUT2D eigenvalue weighted by atomic mass is 10.1. The largest absolute Gasteiger partial charge is 0.416 e. The Kier molecular flexibility index (Phi) is 5.42. The Balaban J connectivity index is 2.87. The molecule has 1 aromatic rings. The average Bonchev–Trinajstić information content (AvgIpc) is 2.35. The highest BCUT2D eigenvalue weighted by molar-refractivity contribution is 5.99. The van der Waals surface area contributed by atoms with Crippen LogP contribution >= 0.6 is 0 Å². The summed E-state index contributed by atoms with van der Waals surface area (Å²) >= 11 is 0. The SMILES string of the molecule is CCCCC(C)NC(=O)c1cc(C(F)(F)F)ccc1N. The summed E-state index contributed by atoms with van der Waals surface area (Å²) in [7, 11) is 0. The van der Waals surface area contributed by atoms with Gasteiger partial charge in [0.2, 0.25) is 0 Å². The Bertz CT molecular complexity index is 472. The number of nitrogen functional groups attached to an aromatic ring is 1. The summed E-state index contributed by atoms with van der Waals surface area (Å²) < 4.78 is 37.9. The lowest BCUT2D eigenvalue weighted by Crippen LogP contribution is -2.33. The van der Waals surface area contributed by atoms with Gasteiger partial charge in [0.05, 0.1) is 11.1 Å². The van der Waals surface area contributed by atoms with E-state index in [0.717, 1.165) is 37.5 Å². The van der Waals surface area contributed by atoms with Crippen molar-refractivity contribution in [3.63, 3.8) is 0 Å². The van der Waals surface area contributed by atoms with Gasteiger partial charge < -0.3 is 11.1 Å². The van der Waals surface area contributed by atoms with Gasteiger partial charge in [-0.1, -0.05) is 19.8 Å².